The number of nitrogens with zero attached hydrogens (tertiary/aromatic N) is 5. The third-order valence-corrected chi connectivity index (χ3v) is 10.1. The molecule has 234 valence electrons. The largest absolute Gasteiger partial charge is 0.415 e. The lowest BCUT2D eigenvalue weighted by molar-refractivity contribution is -0.212. The molecule has 3 aromatic rings. The van der Waals surface area contributed by atoms with Crippen LogP contribution in [0, 0.1) is 23.7 Å². The molecular weight excluding hydrogens is 599 g/mol. The number of rotatable bonds is 8. The fraction of sp³-hybridized carbons (Fsp3) is 0.517. The minimum Gasteiger partial charge on any atom is -0.396 e. The molecule has 0 bridgehead atoms. The Balaban J connectivity index is 1.23. The number of ether oxygens (including phenoxy) is 1. The first-order chi connectivity index (χ1) is 21.1. The zero-order valence-corrected chi connectivity index (χ0v) is 24.5. The fourth-order valence-corrected chi connectivity index (χ4v) is 6.94. The van der Waals surface area contributed by atoms with Crippen LogP contribution in [-0.2, 0) is 14.8 Å². The number of halogens is 3. The number of aliphatic hydroxyl groups excluding tert-OH is 1. The molecule has 0 radical (unpaired) electrons. The molecular formula is C29H32F3N7O4S. The van der Waals surface area contributed by atoms with Crippen LogP contribution >= 0.6 is 0 Å². The topological polar surface area (TPSA) is 144 Å². The summed E-state index contributed by atoms with van der Waals surface area (Å²) in [5.74, 6) is 6.04. The van der Waals surface area contributed by atoms with Crippen LogP contribution in [0.4, 0.5) is 30.5 Å². The molecule has 1 saturated heterocycles. The Labute approximate surface area is 252 Å². The summed E-state index contributed by atoms with van der Waals surface area (Å²) >= 11 is 0. The van der Waals surface area contributed by atoms with Crippen molar-refractivity contribution in [3.8, 4) is 23.2 Å². The Morgan fingerprint density at radius 3 is 2.59 bits per heavy atom. The van der Waals surface area contributed by atoms with Crippen molar-refractivity contribution in [2.24, 2.45) is 11.8 Å². The third kappa shape index (κ3) is 6.82. The predicted molar refractivity (Wildman–Crippen MR) is 155 cm³/mol. The summed E-state index contributed by atoms with van der Waals surface area (Å²) in [7, 11) is -3.53. The zero-order valence-electron chi connectivity index (χ0n) is 23.7. The highest BCUT2D eigenvalue weighted by molar-refractivity contribution is 7.90. The monoisotopic (exact) mass is 631 g/mol. The summed E-state index contributed by atoms with van der Waals surface area (Å²) < 4.78 is 71.1. The van der Waals surface area contributed by atoms with Gasteiger partial charge in [0, 0.05) is 37.7 Å². The van der Waals surface area contributed by atoms with Gasteiger partial charge in [0.2, 0.25) is 0 Å². The molecule has 2 aliphatic carbocycles. The van der Waals surface area contributed by atoms with Gasteiger partial charge in [-0.2, -0.15) is 22.4 Å². The van der Waals surface area contributed by atoms with E-state index in [1.807, 2.05) is 0 Å². The van der Waals surface area contributed by atoms with Crippen molar-refractivity contribution in [3.05, 3.63) is 42.5 Å². The van der Waals surface area contributed by atoms with Crippen molar-refractivity contribution in [2.75, 3.05) is 23.8 Å². The molecule has 3 N–H and O–H groups in total. The van der Waals surface area contributed by atoms with Crippen molar-refractivity contribution in [2.45, 2.75) is 68.5 Å². The molecule has 3 fully saturated rings. The molecule has 3 aliphatic rings. The summed E-state index contributed by atoms with van der Waals surface area (Å²) in [6.45, 7) is 0.149. The van der Waals surface area contributed by atoms with E-state index in [1.165, 1.54) is 24.8 Å². The summed E-state index contributed by atoms with van der Waals surface area (Å²) in [4.78, 5) is 13.2. The predicted octanol–water partition coefficient (Wildman–Crippen LogP) is 4.10. The highest BCUT2D eigenvalue weighted by Gasteiger charge is 2.48. The van der Waals surface area contributed by atoms with E-state index >= 15 is 0 Å². The molecule has 0 aromatic carbocycles. The second-order valence-electron chi connectivity index (χ2n) is 11.4. The van der Waals surface area contributed by atoms with E-state index in [1.54, 1.807) is 12.1 Å². The average molecular weight is 632 g/mol. The standard InChI is InChI=1S/C29H32F3N7O4S/c30-29(31,32)27-19(10-12-43-27)3-4-20-14-34-26(13-24(20)36-22-5-1-18(17-40)2-6-22)37-25-9-11-33-28(38-25)21-15-35-39(16-21)44(41,42)23-7-8-23/h9,11,13-16,18-19,22-23,27,40H,1-2,5-8,10,12,17H2,(H2,33,34,36,37,38)/t18?,19?,22?,27-/m1/s1. The first kappa shape index (κ1) is 30.3. The van der Waals surface area contributed by atoms with Crippen molar-refractivity contribution in [3.63, 3.8) is 0 Å². The van der Waals surface area contributed by atoms with E-state index in [4.69, 9.17) is 4.74 Å². The second-order valence-corrected chi connectivity index (χ2v) is 13.5. The molecule has 2 saturated carbocycles. The van der Waals surface area contributed by atoms with Gasteiger partial charge in [-0.25, -0.2) is 23.4 Å². The molecule has 3 aromatic heterocycles. The number of nitrogens with one attached hydrogen (secondary N) is 2. The Hall–Kier alpha value is -3.74. The summed E-state index contributed by atoms with van der Waals surface area (Å²) in [5, 5.41) is 19.7. The molecule has 1 aliphatic heterocycles. The minimum absolute atomic E-state index is 0.00186. The van der Waals surface area contributed by atoms with Crippen LogP contribution in [0.25, 0.3) is 11.4 Å². The highest BCUT2D eigenvalue weighted by Crippen LogP contribution is 2.35. The molecule has 2 atom stereocenters. The summed E-state index contributed by atoms with van der Waals surface area (Å²) in [5.41, 5.74) is 1.51. The van der Waals surface area contributed by atoms with Gasteiger partial charge in [0.1, 0.15) is 11.6 Å². The van der Waals surface area contributed by atoms with Crippen LogP contribution in [-0.4, -0.2) is 74.4 Å². The maximum absolute atomic E-state index is 13.4. The van der Waals surface area contributed by atoms with Crippen LogP contribution in [0.1, 0.15) is 50.5 Å². The number of hydrogen-bond donors (Lipinski definition) is 3. The lowest BCUT2D eigenvalue weighted by Gasteiger charge is -2.29. The lowest BCUT2D eigenvalue weighted by Crippen LogP contribution is -2.33. The number of pyridine rings is 1. The van der Waals surface area contributed by atoms with E-state index in [9.17, 15) is 26.7 Å². The molecule has 6 rings (SSSR count). The lowest BCUT2D eigenvalue weighted by atomic mass is 9.86. The first-order valence-corrected chi connectivity index (χ1v) is 16.1. The highest BCUT2D eigenvalue weighted by atomic mass is 32.2. The number of hydrogen-bond acceptors (Lipinski definition) is 10. The van der Waals surface area contributed by atoms with E-state index in [-0.39, 0.29) is 37.4 Å². The second kappa shape index (κ2) is 12.3. The number of aromatic nitrogens is 5. The van der Waals surface area contributed by atoms with Gasteiger partial charge in [0.05, 0.1) is 40.4 Å². The SMILES string of the molecule is O=S(=O)(C1CC1)n1cc(-c2nccc(Nc3cc(NC4CCC(CO)CC4)c(C#CC4CCO[C@H]4C(F)(F)F)cn3)n2)cn1. The smallest absolute Gasteiger partial charge is 0.396 e. The van der Waals surface area contributed by atoms with Crippen molar-refractivity contribution < 1.29 is 31.4 Å². The van der Waals surface area contributed by atoms with E-state index in [0.717, 1.165) is 29.8 Å². The Morgan fingerprint density at radius 2 is 1.86 bits per heavy atom. The van der Waals surface area contributed by atoms with Gasteiger partial charge in [-0.15, -0.1) is 0 Å². The van der Waals surface area contributed by atoms with Crippen LogP contribution in [0.3, 0.4) is 0 Å². The Bertz CT molecular complexity index is 1660. The summed E-state index contributed by atoms with van der Waals surface area (Å²) in [6.07, 6.45) is 4.23. The molecule has 11 nitrogen and oxygen atoms in total. The van der Waals surface area contributed by atoms with Crippen LogP contribution in [0.5, 0.6) is 0 Å². The third-order valence-electron chi connectivity index (χ3n) is 8.11. The Morgan fingerprint density at radius 1 is 1.07 bits per heavy atom. The Kier molecular flexibility index (Phi) is 8.49. The van der Waals surface area contributed by atoms with Gasteiger partial charge in [0.15, 0.2) is 11.9 Å². The van der Waals surface area contributed by atoms with Crippen molar-refractivity contribution in [1.82, 2.24) is 24.1 Å². The minimum atomic E-state index is -4.49. The molecule has 44 heavy (non-hydrogen) atoms. The van der Waals surface area contributed by atoms with Gasteiger partial charge in [-0.05, 0) is 56.9 Å². The van der Waals surface area contributed by atoms with E-state index in [2.05, 4.69) is 42.5 Å². The molecule has 0 amide bonds. The van der Waals surface area contributed by atoms with E-state index < -0.39 is 33.5 Å². The average Bonchev–Trinajstić information content (AvgIpc) is 3.54. The quantitative estimate of drug-likeness (QED) is 0.311. The first-order valence-electron chi connectivity index (χ1n) is 14.6. The van der Waals surface area contributed by atoms with Gasteiger partial charge in [-0.3, -0.25) is 0 Å². The summed E-state index contributed by atoms with van der Waals surface area (Å²) in [6, 6.07) is 3.46. The van der Waals surface area contributed by atoms with Gasteiger partial charge in [-0.1, -0.05) is 11.8 Å². The number of anilines is 3. The normalized spacial score (nSPS) is 24.0. The van der Waals surface area contributed by atoms with Crippen LogP contribution < -0.4 is 10.6 Å². The molecule has 0 spiro atoms. The van der Waals surface area contributed by atoms with Gasteiger partial charge in [0.25, 0.3) is 10.0 Å². The maximum atomic E-state index is 13.4. The molecule has 15 heteroatoms. The van der Waals surface area contributed by atoms with E-state index in [0.29, 0.717) is 41.3 Å². The fourth-order valence-electron chi connectivity index (χ4n) is 5.46. The molecule has 1 unspecified atom stereocenters. The van der Waals surface area contributed by atoms with Crippen LogP contribution in [0.15, 0.2) is 36.9 Å². The van der Waals surface area contributed by atoms with Gasteiger partial charge >= 0.3 is 6.18 Å². The zero-order chi connectivity index (χ0) is 30.9. The van der Waals surface area contributed by atoms with Gasteiger partial charge < -0.3 is 20.5 Å². The van der Waals surface area contributed by atoms with Crippen LogP contribution in [0.2, 0.25) is 0 Å². The number of alkyl halides is 3. The maximum Gasteiger partial charge on any atom is 0.415 e. The number of aliphatic hydroxyl groups is 1. The molecule has 4 heterocycles. The van der Waals surface area contributed by atoms with Crippen molar-refractivity contribution >= 4 is 27.3 Å². The van der Waals surface area contributed by atoms with Crippen molar-refractivity contribution in [1.29, 1.82) is 0 Å².